The van der Waals surface area contributed by atoms with Crippen molar-refractivity contribution in [2.75, 3.05) is 5.32 Å². The molecule has 1 aromatic heterocycles. The van der Waals surface area contributed by atoms with E-state index in [9.17, 15) is 0 Å². The Bertz CT molecular complexity index is 658. The van der Waals surface area contributed by atoms with E-state index < -0.39 is 0 Å². The maximum atomic E-state index is 8.77. The third kappa shape index (κ3) is 2.38. The van der Waals surface area contributed by atoms with Crippen molar-refractivity contribution in [2.24, 2.45) is 0 Å². The molecule has 3 rings (SSSR count). The number of aromatic nitrogens is 2. The van der Waals surface area contributed by atoms with Crippen LogP contribution in [0.2, 0.25) is 5.28 Å². The second-order valence-corrected chi connectivity index (χ2v) is 4.77. The van der Waals surface area contributed by atoms with Crippen molar-refractivity contribution >= 4 is 23.1 Å². The van der Waals surface area contributed by atoms with Crippen LogP contribution in [0.4, 0.5) is 11.5 Å². The Morgan fingerprint density at radius 3 is 2.68 bits per heavy atom. The molecule has 0 unspecified atom stereocenters. The zero-order valence-electron chi connectivity index (χ0n) is 10.2. The van der Waals surface area contributed by atoms with Crippen LogP contribution in [0.3, 0.4) is 0 Å². The zero-order chi connectivity index (χ0) is 13.2. The number of nitrogens with one attached hydrogen (secondary N) is 1. The summed E-state index contributed by atoms with van der Waals surface area (Å²) in [4.78, 5) is 8.52. The number of aryl methyl sites for hydroxylation is 1. The summed E-state index contributed by atoms with van der Waals surface area (Å²) in [6, 6.07) is 9.35. The van der Waals surface area contributed by atoms with E-state index in [-0.39, 0.29) is 5.28 Å². The van der Waals surface area contributed by atoms with Gasteiger partial charge in [0.25, 0.3) is 0 Å². The summed E-state index contributed by atoms with van der Waals surface area (Å²) in [6.45, 7) is 0. The minimum atomic E-state index is 0.275. The van der Waals surface area contributed by atoms with Crippen molar-refractivity contribution in [2.45, 2.75) is 19.3 Å². The van der Waals surface area contributed by atoms with Gasteiger partial charge in [0.2, 0.25) is 5.28 Å². The van der Waals surface area contributed by atoms with Crippen LogP contribution in [0.5, 0.6) is 0 Å². The smallest absolute Gasteiger partial charge is 0.224 e. The predicted octanol–water partition coefficient (Wildman–Crippen LogP) is 3.23. The Labute approximate surface area is 116 Å². The predicted molar refractivity (Wildman–Crippen MR) is 73.5 cm³/mol. The molecule has 0 saturated carbocycles. The number of nitrogens with zero attached hydrogens (tertiary/aromatic N) is 3. The second kappa shape index (κ2) is 4.87. The molecule has 4 nitrogen and oxygen atoms in total. The van der Waals surface area contributed by atoms with Crippen LogP contribution in [-0.4, -0.2) is 9.97 Å². The van der Waals surface area contributed by atoms with E-state index in [0.717, 1.165) is 42.0 Å². The zero-order valence-corrected chi connectivity index (χ0v) is 10.9. The Morgan fingerprint density at radius 2 is 1.95 bits per heavy atom. The van der Waals surface area contributed by atoms with Crippen molar-refractivity contribution in [3.05, 3.63) is 46.4 Å². The highest BCUT2D eigenvalue weighted by Gasteiger charge is 2.18. The molecule has 0 atom stereocenters. The summed E-state index contributed by atoms with van der Waals surface area (Å²) in [5.41, 5.74) is 3.71. The number of nitriles is 1. The van der Waals surface area contributed by atoms with Crippen LogP contribution >= 0.6 is 11.6 Å². The Morgan fingerprint density at radius 1 is 1.16 bits per heavy atom. The number of anilines is 2. The summed E-state index contributed by atoms with van der Waals surface area (Å²) >= 11 is 5.94. The number of hydrogen-bond acceptors (Lipinski definition) is 4. The van der Waals surface area contributed by atoms with Crippen LogP contribution in [0.1, 0.15) is 23.2 Å². The first-order valence-electron chi connectivity index (χ1n) is 6.09. The summed E-state index contributed by atoms with van der Waals surface area (Å²) in [5.74, 6) is 0.775. The van der Waals surface area contributed by atoms with Gasteiger partial charge >= 0.3 is 0 Å². The van der Waals surface area contributed by atoms with Gasteiger partial charge in [0.05, 0.1) is 17.3 Å². The van der Waals surface area contributed by atoms with Crippen molar-refractivity contribution < 1.29 is 0 Å². The van der Waals surface area contributed by atoms with Crippen molar-refractivity contribution in [3.8, 4) is 6.07 Å². The number of hydrogen-bond donors (Lipinski definition) is 1. The standard InChI is InChI=1S/C14H11ClN4/c15-14-18-12-3-1-2-11(12)13(19-14)17-10-6-4-9(8-16)5-7-10/h4-7H,1-3H2,(H,17,18,19). The fourth-order valence-corrected chi connectivity index (χ4v) is 2.46. The summed E-state index contributed by atoms with van der Waals surface area (Å²) in [6.07, 6.45) is 3.02. The lowest BCUT2D eigenvalue weighted by atomic mass is 10.2. The highest BCUT2D eigenvalue weighted by molar-refractivity contribution is 6.28. The van der Waals surface area contributed by atoms with Gasteiger partial charge in [0.15, 0.2) is 0 Å². The molecule has 1 N–H and O–H groups in total. The van der Waals surface area contributed by atoms with Gasteiger partial charge in [-0.2, -0.15) is 5.26 Å². The Kier molecular flexibility index (Phi) is 3.06. The molecule has 2 aromatic rings. The topological polar surface area (TPSA) is 61.6 Å². The number of rotatable bonds is 2. The molecule has 0 saturated heterocycles. The van der Waals surface area contributed by atoms with Crippen molar-refractivity contribution in [1.82, 2.24) is 9.97 Å². The highest BCUT2D eigenvalue weighted by atomic mass is 35.5. The van der Waals surface area contributed by atoms with E-state index in [1.54, 1.807) is 12.1 Å². The average molecular weight is 271 g/mol. The van der Waals surface area contributed by atoms with Crippen LogP contribution in [0, 0.1) is 11.3 Å². The van der Waals surface area contributed by atoms with Gasteiger partial charge in [-0.25, -0.2) is 9.97 Å². The van der Waals surface area contributed by atoms with Crippen LogP contribution in [0.15, 0.2) is 24.3 Å². The molecule has 94 valence electrons. The van der Waals surface area contributed by atoms with E-state index in [2.05, 4.69) is 21.4 Å². The second-order valence-electron chi connectivity index (χ2n) is 4.43. The van der Waals surface area contributed by atoms with E-state index in [0.29, 0.717) is 5.56 Å². The molecule has 0 bridgehead atoms. The van der Waals surface area contributed by atoms with Gasteiger partial charge in [-0.1, -0.05) is 0 Å². The fourth-order valence-electron chi connectivity index (χ4n) is 2.27. The first-order valence-corrected chi connectivity index (χ1v) is 6.46. The average Bonchev–Trinajstić information content (AvgIpc) is 2.88. The maximum Gasteiger partial charge on any atom is 0.224 e. The SMILES string of the molecule is N#Cc1ccc(Nc2nc(Cl)nc3c2CCC3)cc1. The number of fused-ring (bicyclic) bond motifs is 1. The first-order chi connectivity index (χ1) is 9.26. The van der Waals surface area contributed by atoms with E-state index >= 15 is 0 Å². The van der Waals surface area contributed by atoms with Gasteiger partial charge in [-0.15, -0.1) is 0 Å². The van der Waals surface area contributed by atoms with Gasteiger partial charge in [0, 0.05) is 11.3 Å². The lowest BCUT2D eigenvalue weighted by molar-refractivity contribution is 0.899. The summed E-state index contributed by atoms with van der Waals surface area (Å²) in [7, 11) is 0. The summed E-state index contributed by atoms with van der Waals surface area (Å²) < 4.78 is 0. The molecule has 1 aliphatic rings. The van der Waals surface area contributed by atoms with Crippen molar-refractivity contribution in [1.29, 1.82) is 5.26 Å². The third-order valence-corrected chi connectivity index (χ3v) is 3.35. The van der Waals surface area contributed by atoms with Gasteiger partial charge < -0.3 is 5.32 Å². The molecule has 0 amide bonds. The highest BCUT2D eigenvalue weighted by Crippen LogP contribution is 2.29. The molecule has 1 heterocycles. The molecular formula is C14H11ClN4. The lowest BCUT2D eigenvalue weighted by Gasteiger charge is -2.10. The van der Waals surface area contributed by atoms with Crippen LogP contribution in [-0.2, 0) is 12.8 Å². The van der Waals surface area contributed by atoms with Gasteiger partial charge in [-0.05, 0) is 55.1 Å². The van der Waals surface area contributed by atoms with Gasteiger partial charge in [-0.3, -0.25) is 0 Å². The number of halogens is 1. The van der Waals surface area contributed by atoms with E-state index in [4.69, 9.17) is 16.9 Å². The summed E-state index contributed by atoms with van der Waals surface area (Å²) in [5, 5.41) is 12.3. The van der Waals surface area contributed by atoms with Crippen molar-refractivity contribution in [3.63, 3.8) is 0 Å². The van der Waals surface area contributed by atoms with Crippen LogP contribution < -0.4 is 5.32 Å². The fraction of sp³-hybridized carbons (Fsp3) is 0.214. The molecular weight excluding hydrogens is 260 g/mol. The maximum absolute atomic E-state index is 8.77. The Hall–Kier alpha value is -2.12. The Balaban J connectivity index is 1.93. The largest absolute Gasteiger partial charge is 0.340 e. The lowest BCUT2D eigenvalue weighted by Crippen LogP contribution is -2.01. The normalized spacial score (nSPS) is 12.8. The molecule has 0 radical (unpaired) electrons. The molecule has 5 heteroatoms. The van der Waals surface area contributed by atoms with E-state index in [1.165, 1.54) is 0 Å². The molecule has 0 aliphatic heterocycles. The third-order valence-electron chi connectivity index (χ3n) is 3.18. The number of benzene rings is 1. The first kappa shape index (κ1) is 11.9. The van der Waals surface area contributed by atoms with Gasteiger partial charge in [0.1, 0.15) is 5.82 Å². The molecule has 1 aliphatic carbocycles. The minimum Gasteiger partial charge on any atom is -0.340 e. The van der Waals surface area contributed by atoms with Crippen LogP contribution in [0.25, 0.3) is 0 Å². The molecule has 0 spiro atoms. The quantitative estimate of drug-likeness (QED) is 0.851. The minimum absolute atomic E-state index is 0.275. The molecule has 19 heavy (non-hydrogen) atoms. The van der Waals surface area contributed by atoms with E-state index in [1.807, 2.05) is 12.1 Å². The molecule has 1 aromatic carbocycles. The monoisotopic (exact) mass is 270 g/mol. The molecule has 0 fully saturated rings.